The Morgan fingerprint density at radius 3 is 2.56 bits per heavy atom. The molecule has 1 heterocycles. The van der Waals surface area contributed by atoms with Gasteiger partial charge in [0.05, 0.1) is 12.6 Å². The molecular formula is C11H21N5. The predicted molar refractivity (Wildman–Crippen MR) is 61.9 cm³/mol. The summed E-state index contributed by atoms with van der Waals surface area (Å²) in [5.41, 5.74) is 0. The monoisotopic (exact) mass is 223 g/mol. The van der Waals surface area contributed by atoms with E-state index in [2.05, 4.69) is 20.8 Å². The zero-order chi connectivity index (χ0) is 11.2. The summed E-state index contributed by atoms with van der Waals surface area (Å²) in [6, 6.07) is 0.513. The molecule has 5 heteroatoms. The molecule has 90 valence electrons. The first-order chi connectivity index (χ1) is 7.92. The predicted octanol–water partition coefficient (Wildman–Crippen LogP) is 1.68. The van der Waals surface area contributed by atoms with E-state index in [1.165, 1.54) is 44.9 Å². The van der Waals surface area contributed by atoms with Crippen LogP contribution in [0, 0.1) is 0 Å². The van der Waals surface area contributed by atoms with Crippen molar-refractivity contribution in [3.05, 3.63) is 5.82 Å². The van der Waals surface area contributed by atoms with Gasteiger partial charge in [0.2, 0.25) is 0 Å². The third kappa shape index (κ3) is 2.78. The van der Waals surface area contributed by atoms with Crippen molar-refractivity contribution in [1.29, 1.82) is 0 Å². The smallest absolute Gasteiger partial charge is 0.165 e. The van der Waals surface area contributed by atoms with Crippen LogP contribution in [0.1, 0.15) is 56.8 Å². The van der Waals surface area contributed by atoms with Crippen molar-refractivity contribution in [2.45, 2.75) is 57.5 Å². The topological polar surface area (TPSA) is 55.6 Å². The van der Waals surface area contributed by atoms with Crippen LogP contribution in [-0.4, -0.2) is 27.3 Å². The van der Waals surface area contributed by atoms with Crippen LogP contribution in [0.3, 0.4) is 0 Å². The van der Waals surface area contributed by atoms with Gasteiger partial charge in [-0.3, -0.25) is 0 Å². The molecule has 1 aliphatic carbocycles. The van der Waals surface area contributed by atoms with Crippen LogP contribution < -0.4 is 5.32 Å². The Morgan fingerprint density at radius 2 is 1.88 bits per heavy atom. The van der Waals surface area contributed by atoms with Gasteiger partial charge in [-0.15, -0.1) is 5.10 Å². The number of nitrogens with zero attached hydrogens (tertiary/aromatic N) is 4. The van der Waals surface area contributed by atoms with E-state index < -0.39 is 0 Å². The Kier molecular flexibility index (Phi) is 4.27. The molecule has 0 aromatic carbocycles. The van der Waals surface area contributed by atoms with E-state index in [9.17, 15) is 0 Å². The summed E-state index contributed by atoms with van der Waals surface area (Å²) < 4.78 is 2.03. The van der Waals surface area contributed by atoms with Crippen molar-refractivity contribution in [1.82, 2.24) is 25.5 Å². The fourth-order valence-corrected chi connectivity index (χ4v) is 2.45. The Balaban J connectivity index is 2.04. The van der Waals surface area contributed by atoms with Crippen LogP contribution in [0.25, 0.3) is 0 Å². The molecule has 0 bridgehead atoms. The van der Waals surface area contributed by atoms with Crippen molar-refractivity contribution in [2.75, 3.05) is 7.05 Å². The van der Waals surface area contributed by atoms with Crippen LogP contribution in [0.5, 0.6) is 0 Å². The summed E-state index contributed by atoms with van der Waals surface area (Å²) >= 11 is 0. The number of hydrogen-bond acceptors (Lipinski definition) is 4. The molecule has 5 nitrogen and oxygen atoms in total. The molecule has 0 spiro atoms. The van der Waals surface area contributed by atoms with E-state index in [4.69, 9.17) is 0 Å². The van der Waals surface area contributed by atoms with Crippen molar-refractivity contribution in [2.24, 2.45) is 0 Å². The summed E-state index contributed by atoms with van der Waals surface area (Å²) in [6.45, 7) is 0.753. The quantitative estimate of drug-likeness (QED) is 0.847. The van der Waals surface area contributed by atoms with Gasteiger partial charge in [0.15, 0.2) is 5.82 Å². The molecule has 1 aromatic heterocycles. The number of aromatic nitrogens is 4. The Labute approximate surface area is 96.6 Å². The molecule has 16 heavy (non-hydrogen) atoms. The Bertz CT molecular complexity index is 301. The largest absolute Gasteiger partial charge is 0.313 e. The third-order valence-corrected chi connectivity index (χ3v) is 3.32. The lowest BCUT2D eigenvalue weighted by atomic mass is 9.97. The van der Waals surface area contributed by atoms with Crippen LogP contribution in [0.15, 0.2) is 0 Å². The van der Waals surface area contributed by atoms with Gasteiger partial charge in [0.1, 0.15) is 0 Å². The molecule has 0 saturated heterocycles. The second-order valence-corrected chi connectivity index (χ2v) is 4.57. The molecule has 1 saturated carbocycles. The Hall–Kier alpha value is -0.970. The van der Waals surface area contributed by atoms with Gasteiger partial charge < -0.3 is 5.32 Å². The molecule has 0 amide bonds. The van der Waals surface area contributed by atoms with Gasteiger partial charge in [-0.25, -0.2) is 4.68 Å². The van der Waals surface area contributed by atoms with Crippen molar-refractivity contribution >= 4 is 0 Å². The maximum atomic E-state index is 4.15. The van der Waals surface area contributed by atoms with E-state index in [1.54, 1.807) is 0 Å². The van der Waals surface area contributed by atoms with Gasteiger partial charge in [-0.05, 0) is 30.3 Å². The number of tetrazole rings is 1. The molecule has 0 aliphatic heterocycles. The average Bonchev–Trinajstić information content (AvgIpc) is 2.66. The van der Waals surface area contributed by atoms with Gasteiger partial charge in [-0.1, -0.05) is 32.1 Å². The van der Waals surface area contributed by atoms with E-state index >= 15 is 0 Å². The molecule has 1 N–H and O–H groups in total. The Morgan fingerprint density at radius 1 is 1.19 bits per heavy atom. The normalized spacial score (nSPS) is 19.3. The van der Waals surface area contributed by atoms with Gasteiger partial charge in [-0.2, -0.15) is 0 Å². The lowest BCUT2D eigenvalue weighted by molar-refractivity contribution is 0.333. The van der Waals surface area contributed by atoms with E-state index in [0.717, 1.165) is 12.4 Å². The highest BCUT2D eigenvalue weighted by molar-refractivity contribution is 4.84. The summed E-state index contributed by atoms with van der Waals surface area (Å²) in [7, 11) is 1.93. The maximum absolute atomic E-state index is 4.15. The third-order valence-electron chi connectivity index (χ3n) is 3.32. The first-order valence-corrected chi connectivity index (χ1v) is 6.33. The molecule has 0 atom stereocenters. The highest BCUT2D eigenvalue weighted by Crippen LogP contribution is 2.26. The van der Waals surface area contributed by atoms with Crippen molar-refractivity contribution < 1.29 is 0 Å². The fraction of sp³-hybridized carbons (Fsp3) is 0.909. The molecule has 0 radical (unpaired) electrons. The van der Waals surface area contributed by atoms with E-state index in [1.807, 2.05) is 11.7 Å². The minimum absolute atomic E-state index is 0.513. The standard InChI is InChI=1S/C11H21N5/c1-12-9-11-13-14-15-16(11)10-7-5-3-2-4-6-8-10/h10,12H,2-9H2,1H3. The highest BCUT2D eigenvalue weighted by Gasteiger charge is 2.17. The van der Waals surface area contributed by atoms with Crippen molar-refractivity contribution in [3.63, 3.8) is 0 Å². The number of nitrogens with one attached hydrogen (secondary N) is 1. The maximum Gasteiger partial charge on any atom is 0.165 e. The lowest BCUT2D eigenvalue weighted by Crippen LogP contribution is -2.19. The SMILES string of the molecule is CNCc1nnnn1C1CCCCCCC1. The second kappa shape index (κ2) is 5.94. The van der Waals surface area contributed by atoms with Gasteiger partial charge in [0.25, 0.3) is 0 Å². The van der Waals surface area contributed by atoms with E-state index in [0.29, 0.717) is 6.04 Å². The molecule has 0 unspecified atom stereocenters. The summed E-state index contributed by atoms with van der Waals surface area (Å²) in [5, 5.41) is 15.1. The lowest BCUT2D eigenvalue weighted by Gasteiger charge is -2.20. The zero-order valence-corrected chi connectivity index (χ0v) is 10.0. The molecular weight excluding hydrogens is 202 g/mol. The van der Waals surface area contributed by atoms with E-state index in [-0.39, 0.29) is 0 Å². The van der Waals surface area contributed by atoms with Crippen LogP contribution >= 0.6 is 0 Å². The van der Waals surface area contributed by atoms with Gasteiger partial charge >= 0.3 is 0 Å². The molecule has 1 aliphatic rings. The van der Waals surface area contributed by atoms with Crippen LogP contribution in [0.2, 0.25) is 0 Å². The first kappa shape index (κ1) is 11.5. The zero-order valence-electron chi connectivity index (χ0n) is 10.0. The van der Waals surface area contributed by atoms with Gasteiger partial charge in [0, 0.05) is 0 Å². The summed E-state index contributed by atoms with van der Waals surface area (Å²) in [5.74, 6) is 0.966. The molecule has 1 aromatic rings. The summed E-state index contributed by atoms with van der Waals surface area (Å²) in [6.07, 6.45) is 9.18. The number of hydrogen-bond donors (Lipinski definition) is 1. The summed E-state index contributed by atoms with van der Waals surface area (Å²) in [4.78, 5) is 0. The minimum Gasteiger partial charge on any atom is -0.313 e. The molecule has 2 rings (SSSR count). The van der Waals surface area contributed by atoms with Crippen LogP contribution in [-0.2, 0) is 6.54 Å². The average molecular weight is 223 g/mol. The van der Waals surface area contributed by atoms with Crippen LogP contribution in [0.4, 0.5) is 0 Å². The fourth-order valence-electron chi connectivity index (χ4n) is 2.45. The number of rotatable bonds is 3. The van der Waals surface area contributed by atoms with Crippen molar-refractivity contribution in [3.8, 4) is 0 Å². The first-order valence-electron chi connectivity index (χ1n) is 6.33. The highest BCUT2D eigenvalue weighted by atomic mass is 15.6. The molecule has 1 fully saturated rings. The second-order valence-electron chi connectivity index (χ2n) is 4.57. The minimum atomic E-state index is 0.513.